The Morgan fingerprint density at radius 2 is 2.08 bits per heavy atom. The monoisotopic (exact) mass is 360 g/mol. The molecule has 0 radical (unpaired) electrons. The third-order valence-corrected chi connectivity index (χ3v) is 5.30. The zero-order chi connectivity index (χ0) is 18.2. The van der Waals surface area contributed by atoms with E-state index in [9.17, 15) is 4.79 Å². The average Bonchev–Trinajstić information content (AvgIpc) is 2.51. The molecule has 0 aliphatic heterocycles. The second-order valence-electron chi connectivity index (χ2n) is 6.76. The molecular formula is C20H28O2SSi. The highest BCUT2D eigenvalue weighted by molar-refractivity contribution is 8.04. The van der Waals surface area contributed by atoms with Crippen LogP contribution >= 0.6 is 11.8 Å². The molecule has 0 amide bonds. The molecule has 0 fully saturated rings. The van der Waals surface area contributed by atoms with Gasteiger partial charge < -0.3 is 4.74 Å². The van der Waals surface area contributed by atoms with Crippen molar-refractivity contribution in [2.24, 2.45) is 0 Å². The average molecular weight is 361 g/mol. The molecule has 0 aromatic heterocycles. The van der Waals surface area contributed by atoms with E-state index in [0.717, 1.165) is 18.3 Å². The fourth-order valence-electron chi connectivity index (χ4n) is 2.04. The van der Waals surface area contributed by atoms with Gasteiger partial charge in [0, 0.05) is 10.5 Å². The molecule has 4 heteroatoms. The van der Waals surface area contributed by atoms with Gasteiger partial charge in [0.2, 0.25) is 0 Å². The van der Waals surface area contributed by atoms with Gasteiger partial charge in [-0.05, 0) is 50.5 Å². The minimum atomic E-state index is -1.34. The highest BCUT2D eigenvalue weighted by Crippen LogP contribution is 2.21. The highest BCUT2D eigenvalue weighted by atomic mass is 32.2. The van der Waals surface area contributed by atoms with Crippen LogP contribution in [0, 0.1) is 18.4 Å². The Balaban J connectivity index is 2.57. The fraction of sp³-hybridized carbons (Fsp3) is 0.450. The summed E-state index contributed by atoms with van der Waals surface area (Å²) in [5.41, 5.74) is 7.00. The van der Waals surface area contributed by atoms with E-state index < -0.39 is 8.07 Å². The summed E-state index contributed by atoms with van der Waals surface area (Å²) in [5, 5.41) is 0. The van der Waals surface area contributed by atoms with Crippen LogP contribution in [0.15, 0.2) is 29.2 Å². The molecule has 0 spiro atoms. The third-order valence-electron chi connectivity index (χ3n) is 3.35. The zero-order valence-electron chi connectivity index (χ0n) is 15.6. The van der Waals surface area contributed by atoms with Crippen molar-refractivity contribution in [1.82, 2.24) is 0 Å². The molecule has 0 saturated carbocycles. The number of carbonyl (C=O) groups excluding carboxylic acids is 1. The van der Waals surface area contributed by atoms with Gasteiger partial charge in [0.1, 0.15) is 13.5 Å². The van der Waals surface area contributed by atoms with Crippen LogP contribution in [0.3, 0.4) is 0 Å². The predicted molar refractivity (Wildman–Crippen MR) is 108 cm³/mol. The van der Waals surface area contributed by atoms with Crippen LogP contribution in [0.25, 0.3) is 0 Å². The first kappa shape index (κ1) is 20.8. The summed E-state index contributed by atoms with van der Waals surface area (Å²) >= 11 is 1.45. The van der Waals surface area contributed by atoms with Crippen molar-refractivity contribution >= 4 is 26.1 Å². The number of hydrogen-bond donors (Lipinski definition) is 0. The molecule has 0 saturated heterocycles. The van der Waals surface area contributed by atoms with Crippen molar-refractivity contribution in [3.8, 4) is 11.5 Å². The van der Waals surface area contributed by atoms with E-state index >= 15 is 0 Å². The summed E-state index contributed by atoms with van der Waals surface area (Å²) < 4.78 is 5.80. The van der Waals surface area contributed by atoms with E-state index in [1.54, 1.807) is 0 Å². The largest absolute Gasteiger partial charge is 0.367 e. The Morgan fingerprint density at radius 1 is 1.38 bits per heavy atom. The lowest BCUT2D eigenvalue weighted by Crippen LogP contribution is -2.16. The highest BCUT2D eigenvalue weighted by Gasteiger charge is 2.08. The number of rotatable bonds is 7. The molecule has 1 unspecified atom stereocenters. The number of ether oxygens (including phenoxy) is 1. The van der Waals surface area contributed by atoms with E-state index in [-0.39, 0.29) is 5.44 Å². The van der Waals surface area contributed by atoms with Crippen LogP contribution in [0.4, 0.5) is 0 Å². The van der Waals surface area contributed by atoms with Gasteiger partial charge in [-0.25, -0.2) is 0 Å². The van der Waals surface area contributed by atoms with E-state index in [0.29, 0.717) is 11.5 Å². The molecule has 0 aliphatic rings. The number of thioether (sulfide) groups is 1. The van der Waals surface area contributed by atoms with Crippen molar-refractivity contribution in [2.45, 2.75) is 52.3 Å². The predicted octanol–water partition coefficient (Wildman–Crippen LogP) is 4.96. The molecule has 1 rings (SSSR count). The molecule has 0 N–H and O–H groups in total. The third kappa shape index (κ3) is 8.01. The van der Waals surface area contributed by atoms with Gasteiger partial charge in [0.25, 0.3) is 0 Å². The Bertz CT molecular complexity index is 648. The molecule has 1 aromatic rings. The van der Waals surface area contributed by atoms with E-state index in [2.05, 4.69) is 56.2 Å². The second-order valence-corrected chi connectivity index (χ2v) is 12.9. The number of aryl methyl sites for hydroxylation is 1. The molecule has 1 atom stereocenters. The number of hydrogen-bond acceptors (Lipinski definition) is 3. The van der Waals surface area contributed by atoms with Crippen LogP contribution in [0.2, 0.25) is 19.6 Å². The van der Waals surface area contributed by atoms with Gasteiger partial charge in [0.05, 0.1) is 6.61 Å². The molecule has 0 aliphatic carbocycles. The molecular weight excluding hydrogens is 332 g/mol. The molecule has 2 nitrogen and oxygen atoms in total. The lowest BCUT2D eigenvalue weighted by atomic mass is 10.0. The van der Waals surface area contributed by atoms with Crippen molar-refractivity contribution in [3.05, 3.63) is 45.9 Å². The van der Waals surface area contributed by atoms with Crippen molar-refractivity contribution in [1.29, 1.82) is 0 Å². The van der Waals surface area contributed by atoms with Crippen LogP contribution in [-0.4, -0.2) is 26.4 Å². The minimum absolute atomic E-state index is 0.0245. The standard InChI is InChI=1S/C20H28O2SSi/c1-7-20(15-21)23-17(3)22-12-10-19-9-8-18(14-16(19)2)11-13-24(4,5)6/h7-9,14-15,17H,10,12H2,1-6H3/b20-7-. The van der Waals surface area contributed by atoms with Gasteiger partial charge in [0.15, 0.2) is 6.29 Å². The molecule has 24 heavy (non-hydrogen) atoms. The summed E-state index contributed by atoms with van der Waals surface area (Å²) in [7, 11) is -1.34. The quantitative estimate of drug-likeness (QED) is 0.226. The van der Waals surface area contributed by atoms with Crippen LogP contribution in [0.5, 0.6) is 0 Å². The van der Waals surface area contributed by atoms with Gasteiger partial charge >= 0.3 is 0 Å². The van der Waals surface area contributed by atoms with Crippen LogP contribution < -0.4 is 0 Å². The maximum Gasteiger partial charge on any atom is 0.156 e. The first-order chi connectivity index (χ1) is 11.2. The number of benzene rings is 1. The topological polar surface area (TPSA) is 26.3 Å². The minimum Gasteiger partial charge on any atom is -0.367 e. The van der Waals surface area contributed by atoms with Crippen LogP contribution in [0.1, 0.15) is 30.5 Å². The normalized spacial score (nSPS) is 13.2. The smallest absolute Gasteiger partial charge is 0.156 e. The summed E-state index contributed by atoms with van der Waals surface area (Å²) in [6.45, 7) is 13.4. The fourth-order valence-corrected chi connectivity index (χ4v) is 3.30. The van der Waals surface area contributed by atoms with Gasteiger partial charge in [-0.2, -0.15) is 0 Å². The molecule has 130 valence electrons. The number of aldehydes is 1. The lowest BCUT2D eigenvalue weighted by Gasteiger charge is -2.13. The van der Waals surface area contributed by atoms with Crippen molar-refractivity contribution in [3.63, 3.8) is 0 Å². The van der Waals surface area contributed by atoms with Crippen LogP contribution in [-0.2, 0) is 16.0 Å². The Labute approximate surface area is 152 Å². The zero-order valence-corrected chi connectivity index (χ0v) is 17.4. The number of allylic oxidation sites excluding steroid dienone is 2. The van der Waals surface area contributed by atoms with Crippen molar-refractivity contribution < 1.29 is 9.53 Å². The van der Waals surface area contributed by atoms with E-state index in [1.807, 2.05) is 19.9 Å². The van der Waals surface area contributed by atoms with E-state index in [4.69, 9.17) is 4.74 Å². The first-order valence-electron chi connectivity index (χ1n) is 8.27. The summed E-state index contributed by atoms with van der Waals surface area (Å²) in [5.74, 6) is 3.30. The Kier molecular flexibility index (Phi) is 8.55. The van der Waals surface area contributed by atoms with E-state index in [1.165, 1.54) is 22.9 Å². The lowest BCUT2D eigenvalue weighted by molar-refractivity contribution is -0.104. The number of carbonyl (C=O) groups is 1. The maximum atomic E-state index is 10.8. The Hall–Kier alpha value is -1.28. The van der Waals surface area contributed by atoms with Gasteiger partial charge in [-0.1, -0.05) is 49.5 Å². The Morgan fingerprint density at radius 3 is 2.62 bits per heavy atom. The van der Waals surface area contributed by atoms with Crippen molar-refractivity contribution in [2.75, 3.05) is 6.61 Å². The summed E-state index contributed by atoms with van der Waals surface area (Å²) in [6, 6.07) is 6.40. The second kappa shape index (κ2) is 9.88. The van der Waals surface area contributed by atoms with Gasteiger partial charge in [-0.15, -0.1) is 5.54 Å². The summed E-state index contributed by atoms with van der Waals surface area (Å²) in [6.07, 6.45) is 3.54. The molecule has 0 heterocycles. The molecule has 1 aromatic carbocycles. The SMILES string of the molecule is C/C=C(/C=O)SC(C)OCCc1ccc(C#C[Si](C)(C)C)cc1C. The summed E-state index contributed by atoms with van der Waals surface area (Å²) in [4.78, 5) is 11.5. The van der Waals surface area contributed by atoms with Gasteiger partial charge in [-0.3, -0.25) is 4.79 Å². The maximum absolute atomic E-state index is 10.8. The molecule has 0 bridgehead atoms. The first-order valence-corrected chi connectivity index (χ1v) is 12.7.